The Hall–Kier alpha value is -3.46. The maximum atomic E-state index is 12.2. The van der Waals surface area contributed by atoms with Gasteiger partial charge in [0.1, 0.15) is 18.1 Å². The van der Waals surface area contributed by atoms with E-state index in [4.69, 9.17) is 27.4 Å². The van der Waals surface area contributed by atoms with Gasteiger partial charge >= 0.3 is 11.9 Å². The SMILES string of the molecule is CC(NC(=O)C(CO)NC(=O)C(N)CCCN=C(N)N)C(=O)NC(CC(=O)O)C(=O)O. The Morgan fingerprint density at radius 3 is 2.00 bits per heavy atom. The molecule has 0 bridgehead atoms. The molecule has 31 heavy (non-hydrogen) atoms. The van der Waals surface area contributed by atoms with Crippen molar-refractivity contribution >= 4 is 35.6 Å². The molecule has 0 aromatic heterocycles. The number of aliphatic hydroxyl groups excluding tert-OH is 1. The van der Waals surface area contributed by atoms with Gasteiger partial charge in [-0.15, -0.1) is 0 Å². The lowest BCUT2D eigenvalue weighted by molar-refractivity contribution is -0.147. The Morgan fingerprint density at radius 1 is 0.935 bits per heavy atom. The molecule has 15 nitrogen and oxygen atoms in total. The van der Waals surface area contributed by atoms with Crippen molar-refractivity contribution in [1.82, 2.24) is 16.0 Å². The van der Waals surface area contributed by atoms with Crippen LogP contribution in [0.15, 0.2) is 4.99 Å². The zero-order valence-electron chi connectivity index (χ0n) is 16.9. The number of carbonyl (C=O) groups excluding carboxylic acids is 3. The van der Waals surface area contributed by atoms with Crippen molar-refractivity contribution < 1.29 is 39.3 Å². The molecule has 15 heteroatoms. The predicted molar refractivity (Wildman–Crippen MR) is 106 cm³/mol. The molecule has 0 rings (SSSR count). The van der Waals surface area contributed by atoms with Crippen molar-refractivity contribution in [2.24, 2.45) is 22.2 Å². The molecule has 0 spiro atoms. The van der Waals surface area contributed by atoms with Gasteiger partial charge in [0.15, 0.2) is 5.96 Å². The van der Waals surface area contributed by atoms with Crippen molar-refractivity contribution in [2.75, 3.05) is 13.2 Å². The van der Waals surface area contributed by atoms with Crippen LogP contribution in [-0.2, 0) is 24.0 Å². The summed E-state index contributed by atoms with van der Waals surface area (Å²) in [6.07, 6.45) is -0.278. The highest BCUT2D eigenvalue weighted by Gasteiger charge is 2.28. The summed E-state index contributed by atoms with van der Waals surface area (Å²) in [6.45, 7) is 0.654. The van der Waals surface area contributed by atoms with E-state index in [1.807, 2.05) is 5.32 Å². The summed E-state index contributed by atoms with van der Waals surface area (Å²) in [5, 5.41) is 33.4. The molecule has 0 aliphatic heterocycles. The number of nitrogens with two attached hydrogens (primary N) is 3. The maximum absolute atomic E-state index is 12.2. The number of nitrogens with one attached hydrogen (secondary N) is 3. The van der Waals surface area contributed by atoms with Crippen LogP contribution in [0.5, 0.6) is 0 Å². The largest absolute Gasteiger partial charge is 0.481 e. The van der Waals surface area contributed by atoms with Gasteiger partial charge in [-0.3, -0.25) is 24.2 Å². The van der Waals surface area contributed by atoms with Gasteiger partial charge < -0.3 is 48.5 Å². The fourth-order valence-electron chi connectivity index (χ4n) is 2.17. The van der Waals surface area contributed by atoms with E-state index in [1.165, 1.54) is 6.92 Å². The molecule has 3 amide bonds. The number of amides is 3. The van der Waals surface area contributed by atoms with Gasteiger partial charge in [-0.25, -0.2) is 4.79 Å². The first kappa shape index (κ1) is 27.5. The number of guanidine groups is 1. The van der Waals surface area contributed by atoms with Crippen LogP contribution in [0.1, 0.15) is 26.2 Å². The first-order chi connectivity index (χ1) is 14.4. The number of aliphatic carboxylic acids is 2. The van der Waals surface area contributed by atoms with Crippen LogP contribution in [-0.4, -0.2) is 88.3 Å². The third-order valence-electron chi connectivity index (χ3n) is 3.87. The van der Waals surface area contributed by atoms with Crippen molar-refractivity contribution in [1.29, 1.82) is 0 Å². The Morgan fingerprint density at radius 2 is 1.52 bits per heavy atom. The molecule has 0 saturated carbocycles. The number of hydrogen-bond donors (Lipinski definition) is 9. The van der Waals surface area contributed by atoms with Gasteiger partial charge in [-0.05, 0) is 19.8 Å². The average Bonchev–Trinajstić information content (AvgIpc) is 2.67. The summed E-state index contributed by atoms with van der Waals surface area (Å²) in [4.78, 5) is 61.7. The van der Waals surface area contributed by atoms with Crippen LogP contribution in [0.25, 0.3) is 0 Å². The first-order valence-electron chi connectivity index (χ1n) is 9.16. The average molecular weight is 447 g/mol. The summed E-state index contributed by atoms with van der Waals surface area (Å²) in [6, 6.07) is -5.43. The van der Waals surface area contributed by atoms with Crippen LogP contribution < -0.4 is 33.2 Å². The summed E-state index contributed by atoms with van der Waals surface area (Å²) in [5.41, 5.74) is 16.0. The minimum Gasteiger partial charge on any atom is -0.481 e. The van der Waals surface area contributed by atoms with Gasteiger partial charge in [0, 0.05) is 6.54 Å². The van der Waals surface area contributed by atoms with Crippen LogP contribution in [0.3, 0.4) is 0 Å². The highest BCUT2D eigenvalue weighted by molar-refractivity contribution is 5.94. The molecule has 0 aromatic carbocycles. The lowest BCUT2D eigenvalue weighted by Crippen LogP contribution is -2.57. The molecule has 0 radical (unpaired) electrons. The molecule has 0 heterocycles. The van der Waals surface area contributed by atoms with Crippen molar-refractivity contribution in [3.05, 3.63) is 0 Å². The predicted octanol–water partition coefficient (Wildman–Crippen LogP) is -4.61. The monoisotopic (exact) mass is 447 g/mol. The van der Waals surface area contributed by atoms with Gasteiger partial charge in [0.05, 0.1) is 19.1 Å². The maximum Gasteiger partial charge on any atom is 0.326 e. The smallest absolute Gasteiger partial charge is 0.326 e. The van der Waals surface area contributed by atoms with Crippen molar-refractivity contribution in [3.8, 4) is 0 Å². The molecule has 0 aromatic rings. The fourth-order valence-corrected chi connectivity index (χ4v) is 2.17. The molecule has 0 saturated heterocycles. The molecular weight excluding hydrogens is 418 g/mol. The Bertz CT molecular complexity index is 695. The van der Waals surface area contributed by atoms with Crippen LogP contribution >= 0.6 is 0 Å². The number of carbonyl (C=O) groups is 5. The summed E-state index contributed by atoms with van der Waals surface area (Å²) in [7, 11) is 0. The number of aliphatic imine (C=N–C) groups is 1. The van der Waals surface area contributed by atoms with E-state index in [1.54, 1.807) is 0 Å². The van der Waals surface area contributed by atoms with Gasteiger partial charge in [-0.2, -0.15) is 0 Å². The summed E-state index contributed by atoms with van der Waals surface area (Å²) in [5.74, 6) is -5.75. The van der Waals surface area contributed by atoms with Crippen LogP contribution in [0, 0.1) is 0 Å². The summed E-state index contributed by atoms with van der Waals surface area (Å²) >= 11 is 0. The minimum absolute atomic E-state index is 0.106. The third kappa shape index (κ3) is 11.3. The zero-order chi connectivity index (χ0) is 24.1. The summed E-state index contributed by atoms with van der Waals surface area (Å²) < 4.78 is 0. The highest BCUT2D eigenvalue weighted by atomic mass is 16.4. The molecule has 0 fully saturated rings. The second-order valence-electron chi connectivity index (χ2n) is 6.53. The van der Waals surface area contributed by atoms with Crippen molar-refractivity contribution in [2.45, 2.75) is 50.4 Å². The van der Waals surface area contributed by atoms with E-state index in [2.05, 4.69) is 15.6 Å². The van der Waals surface area contributed by atoms with E-state index in [0.717, 1.165) is 0 Å². The number of rotatable bonds is 14. The van der Waals surface area contributed by atoms with Crippen molar-refractivity contribution in [3.63, 3.8) is 0 Å². The third-order valence-corrected chi connectivity index (χ3v) is 3.87. The van der Waals surface area contributed by atoms with E-state index >= 15 is 0 Å². The molecule has 0 aliphatic rings. The quantitative estimate of drug-likeness (QED) is 0.0693. The zero-order valence-corrected chi connectivity index (χ0v) is 16.9. The molecule has 4 unspecified atom stereocenters. The number of carboxylic acids is 2. The Balaban J connectivity index is 4.74. The van der Waals surface area contributed by atoms with E-state index in [0.29, 0.717) is 6.42 Å². The van der Waals surface area contributed by atoms with Crippen LogP contribution in [0.4, 0.5) is 0 Å². The van der Waals surface area contributed by atoms with E-state index in [-0.39, 0.29) is 18.9 Å². The van der Waals surface area contributed by atoms with E-state index < -0.39 is 66.9 Å². The van der Waals surface area contributed by atoms with Crippen LogP contribution in [0.2, 0.25) is 0 Å². The second kappa shape index (κ2) is 13.7. The van der Waals surface area contributed by atoms with Gasteiger partial charge in [-0.1, -0.05) is 0 Å². The Labute approximate surface area is 177 Å². The lowest BCUT2D eigenvalue weighted by atomic mass is 10.1. The molecule has 12 N–H and O–H groups in total. The Kier molecular flexibility index (Phi) is 12.2. The standard InChI is InChI=1S/C16H29N7O8/c1-7(12(27)22-9(15(30)31)5-11(25)26)21-14(29)10(6-24)23-13(28)8(17)3-2-4-20-16(18)19/h7-10,24H,2-6,17H2,1H3,(H,21,29)(H,22,27)(H,23,28)(H,25,26)(H,30,31)(H4,18,19,20). The lowest BCUT2D eigenvalue weighted by Gasteiger charge is -2.22. The van der Waals surface area contributed by atoms with Gasteiger partial charge in [0.2, 0.25) is 17.7 Å². The number of aliphatic hydroxyl groups is 1. The number of carboxylic acid groups (broad SMARTS) is 2. The topological polar surface area (TPSA) is 273 Å². The molecule has 176 valence electrons. The fraction of sp³-hybridized carbons (Fsp3) is 0.625. The van der Waals surface area contributed by atoms with Gasteiger partial charge in [0.25, 0.3) is 0 Å². The first-order valence-corrected chi connectivity index (χ1v) is 9.16. The normalized spacial score (nSPS) is 14.3. The second-order valence-corrected chi connectivity index (χ2v) is 6.53. The minimum atomic E-state index is -1.70. The molecular formula is C16H29N7O8. The van der Waals surface area contributed by atoms with E-state index in [9.17, 15) is 29.1 Å². The molecule has 4 atom stereocenters. The number of hydrogen-bond acceptors (Lipinski definition) is 8. The molecule has 0 aliphatic carbocycles. The number of nitrogens with zero attached hydrogens (tertiary/aromatic N) is 1. The highest BCUT2D eigenvalue weighted by Crippen LogP contribution is 1.98.